The molecule has 0 heterocycles. The van der Waals surface area contributed by atoms with Crippen molar-refractivity contribution in [3.63, 3.8) is 0 Å². The summed E-state index contributed by atoms with van der Waals surface area (Å²) in [4.78, 5) is 11.9. The van der Waals surface area contributed by atoms with Gasteiger partial charge in [0.05, 0.1) is 0 Å². The fourth-order valence-electron chi connectivity index (χ4n) is 1.52. The first-order valence-electron chi connectivity index (χ1n) is 6.37. The zero-order valence-corrected chi connectivity index (χ0v) is 11.4. The van der Waals surface area contributed by atoms with Gasteiger partial charge in [-0.2, -0.15) is 0 Å². The first kappa shape index (κ1) is 15.4. The molecule has 3 nitrogen and oxygen atoms in total. The molecule has 0 fully saturated rings. The van der Waals surface area contributed by atoms with Gasteiger partial charge in [0.15, 0.2) is 0 Å². The molecule has 0 amide bonds. The highest BCUT2D eigenvalue weighted by Crippen LogP contribution is 2.11. The van der Waals surface area contributed by atoms with Crippen molar-refractivity contribution in [1.82, 2.24) is 5.32 Å². The molecule has 0 rings (SSSR count). The van der Waals surface area contributed by atoms with Crippen molar-refractivity contribution in [3.05, 3.63) is 0 Å². The number of carbonyl (C=O) groups excluding carboxylic acids is 1. The zero-order valence-electron chi connectivity index (χ0n) is 11.4. The Labute approximate surface area is 99.9 Å². The highest BCUT2D eigenvalue weighted by atomic mass is 16.6. The molecule has 1 unspecified atom stereocenters. The van der Waals surface area contributed by atoms with Gasteiger partial charge in [0.25, 0.3) is 0 Å². The number of carbonyl (C=O) groups is 1. The predicted molar refractivity (Wildman–Crippen MR) is 67.5 cm³/mol. The molecule has 0 spiro atoms. The molecular weight excluding hydrogens is 202 g/mol. The van der Waals surface area contributed by atoms with Gasteiger partial charge in [-0.3, -0.25) is 4.79 Å². The average Bonchev–Trinajstić information content (AvgIpc) is 2.14. The Bertz CT molecular complexity index is 197. The summed E-state index contributed by atoms with van der Waals surface area (Å²) in [6.45, 7) is 10.7. The van der Waals surface area contributed by atoms with Crippen LogP contribution in [0.5, 0.6) is 0 Å². The number of rotatable bonds is 7. The highest BCUT2D eigenvalue weighted by molar-refractivity contribution is 5.76. The summed E-state index contributed by atoms with van der Waals surface area (Å²) in [7, 11) is 0. The zero-order chi connectivity index (χ0) is 12.6. The molecule has 0 saturated carbocycles. The van der Waals surface area contributed by atoms with Crippen molar-refractivity contribution in [2.45, 2.75) is 71.9 Å². The Morgan fingerprint density at radius 1 is 1.25 bits per heavy atom. The van der Waals surface area contributed by atoms with Gasteiger partial charge < -0.3 is 10.1 Å². The van der Waals surface area contributed by atoms with E-state index in [0.717, 1.165) is 19.4 Å². The van der Waals surface area contributed by atoms with Crippen LogP contribution < -0.4 is 5.32 Å². The normalized spacial score (nSPS) is 13.6. The van der Waals surface area contributed by atoms with E-state index in [1.807, 2.05) is 27.7 Å². The van der Waals surface area contributed by atoms with Crippen LogP contribution in [0.3, 0.4) is 0 Å². The number of nitrogens with one attached hydrogen (secondary N) is 1. The van der Waals surface area contributed by atoms with Gasteiger partial charge >= 0.3 is 5.97 Å². The molecule has 0 aromatic heterocycles. The SMILES string of the molecule is CCCCCC(NCC)C(=O)OC(C)(C)C. The van der Waals surface area contributed by atoms with Crippen molar-refractivity contribution >= 4 is 5.97 Å². The van der Waals surface area contributed by atoms with Gasteiger partial charge in [0.1, 0.15) is 11.6 Å². The molecule has 0 aliphatic heterocycles. The maximum atomic E-state index is 11.9. The number of esters is 1. The quantitative estimate of drug-likeness (QED) is 0.539. The lowest BCUT2D eigenvalue weighted by Gasteiger charge is -2.24. The molecule has 1 atom stereocenters. The van der Waals surface area contributed by atoms with Gasteiger partial charge in [0.2, 0.25) is 0 Å². The molecule has 16 heavy (non-hydrogen) atoms. The molecule has 0 saturated heterocycles. The van der Waals surface area contributed by atoms with E-state index in [4.69, 9.17) is 4.74 Å². The molecule has 0 aromatic rings. The molecule has 3 heteroatoms. The van der Waals surface area contributed by atoms with E-state index < -0.39 is 5.60 Å². The maximum absolute atomic E-state index is 11.9. The van der Waals surface area contributed by atoms with Gasteiger partial charge in [-0.25, -0.2) is 0 Å². The third-order valence-electron chi connectivity index (χ3n) is 2.24. The van der Waals surface area contributed by atoms with Crippen LogP contribution in [0, 0.1) is 0 Å². The maximum Gasteiger partial charge on any atom is 0.323 e. The third-order valence-corrected chi connectivity index (χ3v) is 2.24. The Morgan fingerprint density at radius 3 is 2.31 bits per heavy atom. The monoisotopic (exact) mass is 229 g/mol. The van der Waals surface area contributed by atoms with Crippen LogP contribution in [0.2, 0.25) is 0 Å². The molecule has 0 radical (unpaired) electrons. The van der Waals surface area contributed by atoms with Crippen molar-refractivity contribution in [3.8, 4) is 0 Å². The topological polar surface area (TPSA) is 38.3 Å². The third kappa shape index (κ3) is 7.69. The van der Waals surface area contributed by atoms with Crippen LogP contribution in [0.4, 0.5) is 0 Å². The summed E-state index contributed by atoms with van der Waals surface area (Å²) in [6, 6.07) is -0.143. The van der Waals surface area contributed by atoms with Crippen LogP contribution in [0.1, 0.15) is 60.3 Å². The van der Waals surface area contributed by atoms with Gasteiger partial charge in [-0.1, -0.05) is 33.1 Å². The Balaban J connectivity index is 4.12. The summed E-state index contributed by atoms with van der Waals surface area (Å²) in [5.74, 6) is -0.120. The summed E-state index contributed by atoms with van der Waals surface area (Å²) in [5, 5.41) is 3.19. The lowest BCUT2D eigenvalue weighted by molar-refractivity contribution is -0.157. The highest BCUT2D eigenvalue weighted by Gasteiger charge is 2.23. The van der Waals surface area contributed by atoms with Crippen LogP contribution in [-0.2, 0) is 9.53 Å². The summed E-state index contributed by atoms with van der Waals surface area (Å²) in [6.07, 6.45) is 4.29. The Hall–Kier alpha value is -0.570. The second kappa shape index (κ2) is 7.66. The number of unbranched alkanes of at least 4 members (excludes halogenated alkanes) is 2. The lowest BCUT2D eigenvalue weighted by Crippen LogP contribution is -2.41. The minimum Gasteiger partial charge on any atom is -0.459 e. The largest absolute Gasteiger partial charge is 0.459 e. The smallest absolute Gasteiger partial charge is 0.323 e. The van der Waals surface area contributed by atoms with Crippen molar-refractivity contribution in [2.75, 3.05) is 6.54 Å². The first-order chi connectivity index (χ1) is 7.40. The minimum absolute atomic E-state index is 0.120. The molecule has 0 bridgehead atoms. The van der Waals surface area contributed by atoms with Crippen molar-refractivity contribution in [2.24, 2.45) is 0 Å². The number of ether oxygens (including phenoxy) is 1. The van der Waals surface area contributed by atoms with Crippen LogP contribution in [0.15, 0.2) is 0 Å². The molecule has 1 N–H and O–H groups in total. The van der Waals surface area contributed by atoms with Crippen molar-refractivity contribution in [1.29, 1.82) is 0 Å². The second-order valence-corrected chi connectivity index (χ2v) is 5.14. The predicted octanol–water partition coefficient (Wildman–Crippen LogP) is 2.89. The van der Waals surface area contributed by atoms with Crippen LogP contribution in [-0.4, -0.2) is 24.2 Å². The molecular formula is C13H27NO2. The summed E-state index contributed by atoms with van der Waals surface area (Å²) < 4.78 is 5.38. The van der Waals surface area contributed by atoms with Crippen molar-refractivity contribution < 1.29 is 9.53 Å². The molecule has 0 aliphatic rings. The molecule has 0 aromatic carbocycles. The van der Waals surface area contributed by atoms with E-state index in [1.54, 1.807) is 0 Å². The minimum atomic E-state index is -0.393. The molecule has 96 valence electrons. The lowest BCUT2D eigenvalue weighted by atomic mass is 10.1. The Kier molecular flexibility index (Phi) is 7.39. The molecule has 0 aliphatic carbocycles. The fraction of sp³-hybridized carbons (Fsp3) is 0.923. The van der Waals surface area contributed by atoms with Gasteiger partial charge in [0, 0.05) is 0 Å². The fourth-order valence-corrected chi connectivity index (χ4v) is 1.52. The van der Waals surface area contributed by atoms with E-state index in [2.05, 4.69) is 12.2 Å². The van der Waals surface area contributed by atoms with E-state index in [1.165, 1.54) is 12.8 Å². The van der Waals surface area contributed by atoms with Gasteiger partial charge in [-0.15, -0.1) is 0 Å². The van der Waals surface area contributed by atoms with Gasteiger partial charge in [-0.05, 0) is 33.7 Å². The van der Waals surface area contributed by atoms with E-state index in [0.29, 0.717) is 0 Å². The van der Waals surface area contributed by atoms with Crippen LogP contribution >= 0.6 is 0 Å². The second-order valence-electron chi connectivity index (χ2n) is 5.14. The van der Waals surface area contributed by atoms with E-state index >= 15 is 0 Å². The number of hydrogen-bond acceptors (Lipinski definition) is 3. The Morgan fingerprint density at radius 2 is 1.88 bits per heavy atom. The summed E-state index contributed by atoms with van der Waals surface area (Å²) >= 11 is 0. The summed E-state index contributed by atoms with van der Waals surface area (Å²) in [5.41, 5.74) is -0.393. The van der Waals surface area contributed by atoms with E-state index in [-0.39, 0.29) is 12.0 Å². The standard InChI is InChI=1S/C13H27NO2/c1-6-8-9-10-11(14-7-2)12(15)16-13(3,4)5/h11,14H,6-10H2,1-5H3. The van der Waals surface area contributed by atoms with E-state index in [9.17, 15) is 4.79 Å². The average molecular weight is 229 g/mol. The number of likely N-dealkylation sites (N-methyl/N-ethyl adjacent to an activating group) is 1. The number of hydrogen-bond donors (Lipinski definition) is 1. The first-order valence-corrected chi connectivity index (χ1v) is 6.37. The van der Waals surface area contributed by atoms with Crippen LogP contribution in [0.25, 0.3) is 0 Å².